The summed E-state index contributed by atoms with van der Waals surface area (Å²) in [4.78, 5) is 15.6. The summed E-state index contributed by atoms with van der Waals surface area (Å²) < 4.78 is 5.11. The van der Waals surface area contributed by atoms with Gasteiger partial charge in [-0.15, -0.1) is 0 Å². The molecule has 5 heteroatoms. The number of aromatic nitrogens is 1. The van der Waals surface area contributed by atoms with Crippen LogP contribution in [-0.2, 0) is 4.74 Å². The van der Waals surface area contributed by atoms with Gasteiger partial charge in [0.15, 0.2) is 0 Å². The summed E-state index contributed by atoms with van der Waals surface area (Å²) in [7, 11) is 0. The number of hydrogen-bond acceptors (Lipinski definition) is 3. The van der Waals surface area contributed by atoms with E-state index in [0.717, 1.165) is 0 Å². The van der Waals surface area contributed by atoms with Gasteiger partial charge in [0.1, 0.15) is 5.15 Å². The number of halogens is 1. The van der Waals surface area contributed by atoms with Crippen molar-refractivity contribution < 1.29 is 9.53 Å². The van der Waals surface area contributed by atoms with Gasteiger partial charge in [0.2, 0.25) is 0 Å². The van der Waals surface area contributed by atoms with E-state index in [2.05, 4.69) is 17.2 Å². The van der Waals surface area contributed by atoms with Gasteiger partial charge in [0, 0.05) is 18.2 Å². The third-order valence-electron chi connectivity index (χ3n) is 2.58. The minimum absolute atomic E-state index is 0.0599. The van der Waals surface area contributed by atoms with Crippen LogP contribution >= 0.6 is 11.6 Å². The second kappa shape index (κ2) is 4.39. The predicted octanol–water partition coefficient (Wildman–Crippen LogP) is 1.50. The molecule has 0 radical (unpaired) electrons. The molecule has 0 unspecified atom stereocenters. The molecule has 86 valence electrons. The monoisotopic (exact) mass is 240 g/mol. The van der Waals surface area contributed by atoms with Crippen LogP contribution in [-0.4, -0.2) is 30.6 Å². The van der Waals surface area contributed by atoms with E-state index in [1.807, 2.05) is 0 Å². The Bertz CT molecular complexity index is 405. The Labute approximate surface area is 99.0 Å². The zero-order valence-electron chi connectivity index (χ0n) is 9.00. The Balaban J connectivity index is 1.96. The number of carbonyl (C=O) groups excluding carboxylic acids is 1. The number of nitrogens with one attached hydrogen (secondary N) is 1. The van der Waals surface area contributed by atoms with E-state index in [-0.39, 0.29) is 16.5 Å². The van der Waals surface area contributed by atoms with E-state index >= 15 is 0 Å². The zero-order chi connectivity index (χ0) is 11.6. The summed E-state index contributed by atoms with van der Waals surface area (Å²) in [5.74, 6) is -0.189. The van der Waals surface area contributed by atoms with Gasteiger partial charge in [-0.3, -0.25) is 4.79 Å². The zero-order valence-corrected chi connectivity index (χ0v) is 9.75. The van der Waals surface area contributed by atoms with Gasteiger partial charge in [0.25, 0.3) is 5.91 Å². The molecule has 1 amide bonds. The Morgan fingerprint density at radius 3 is 3.00 bits per heavy atom. The second-order valence-corrected chi connectivity index (χ2v) is 4.69. The third-order valence-corrected chi connectivity index (χ3v) is 2.88. The standard InChI is InChI=1S/C11H13ClN2O2/c1-11(6-16-7-11)5-14-10(15)8-3-2-4-13-9(8)12/h2-4H,5-7H2,1H3,(H,14,15). The van der Waals surface area contributed by atoms with Crippen LogP contribution in [0.15, 0.2) is 18.3 Å². The maximum Gasteiger partial charge on any atom is 0.254 e. The normalized spacial score (nSPS) is 17.6. The first-order valence-electron chi connectivity index (χ1n) is 5.07. The van der Waals surface area contributed by atoms with Gasteiger partial charge >= 0.3 is 0 Å². The van der Waals surface area contributed by atoms with Crippen molar-refractivity contribution in [2.24, 2.45) is 5.41 Å². The van der Waals surface area contributed by atoms with Crippen LogP contribution in [0.5, 0.6) is 0 Å². The highest BCUT2D eigenvalue weighted by molar-refractivity contribution is 6.32. The van der Waals surface area contributed by atoms with E-state index in [9.17, 15) is 4.79 Å². The molecule has 0 bridgehead atoms. The van der Waals surface area contributed by atoms with E-state index in [1.165, 1.54) is 0 Å². The Morgan fingerprint density at radius 2 is 2.44 bits per heavy atom. The van der Waals surface area contributed by atoms with Crippen LogP contribution in [0.3, 0.4) is 0 Å². The Hall–Kier alpha value is -1.13. The average Bonchev–Trinajstić information content (AvgIpc) is 2.24. The maximum atomic E-state index is 11.8. The fourth-order valence-electron chi connectivity index (χ4n) is 1.50. The Kier molecular flexibility index (Phi) is 3.12. The number of hydrogen-bond donors (Lipinski definition) is 1. The molecule has 0 spiro atoms. The lowest BCUT2D eigenvalue weighted by Crippen LogP contribution is -2.48. The molecule has 0 aromatic carbocycles. The van der Waals surface area contributed by atoms with Crippen LogP contribution in [0.25, 0.3) is 0 Å². The summed E-state index contributed by atoms with van der Waals surface area (Å²) >= 11 is 5.82. The van der Waals surface area contributed by atoms with E-state index in [1.54, 1.807) is 18.3 Å². The number of amides is 1. The van der Waals surface area contributed by atoms with Gasteiger partial charge in [-0.1, -0.05) is 18.5 Å². The number of rotatable bonds is 3. The molecule has 0 saturated carbocycles. The maximum absolute atomic E-state index is 11.8. The molecule has 0 atom stereocenters. The molecule has 0 aliphatic carbocycles. The van der Waals surface area contributed by atoms with E-state index in [0.29, 0.717) is 25.3 Å². The first kappa shape index (κ1) is 11.4. The quantitative estimate of drug-likeness (QED) is 0.815. The van der Waals surface area contributed by atoms with Crippen LogP contribution in [0.1, 0.15) is 17.3 Å². The number of nitrogens with zero attached hydrogens (tertiary/aromatic N) is 1. The van der Waals surface area contributed by atoms with Crippen molar-refractivity contribution in [2.75, 3.05) is 19.8 Å². The molecule has 4 nitrogen and oxygen atoms in total. The van der Waals surface area contributed by atoms with E-state index in [4.69, 9.17) is 16.3 Å². The highest BCUT2D eigenvalue weighted by Gasteiger charge is 2.33. The number of ether oxygens (including phenoxy) is 1. The highest BCUT2D eigenvalue weighted by atomic mass is 35.5. The van der Waals surface area contributed by atoms with Crippen molar-refractivity contribution in [3.63, 3.8) is 0 Å². The molecule has 1 fully saturated rings. The Morgan fingerprint density at radius 1 is 1.69 bits per heavy atom. The fraction of sp³-hybridized carbons (Fsp3) is 0.455. The predicted molar refractivity (Wildman–Crippen MR) is 60.5 cm³/mol. The largest absolute Gasteiger partial charge is 0.380 e. The molecule has 1 aliphatic heterocycles. The lowest BCUT2D eigenvalue weighted by atomic mass is 9.89. The summed E-state index contributed by atoms with van der Waals surface area (Å²) in [5, 5.41) is 3.07. The number of pyridine rings is 1. The van der Waals surface area contributed by atoms with Crippen molar-refractivity contribution in [1.82, 2.24) is 10.3 Å². The van der Waals surface area contributed by atoms with Crippen LogP contribution in [0, 0.1) is 5.41 Å². The SMILES string of the molecule is CC1(CNC(=O)c2cccnc2Cl)COC1. The van der Waals surface area contributed by atoms with Crippen LogP contribution < -0.4 is 5.32 Å². The van der Waals surface area contributed by atoms with Gasteiger partial charge < -0.3 is 10.1 Å². The molecule has 16 heavy (non-hydrogen) atoms. The second-order valence-electron chi connectivity index (χ2n) is 4.33. The highest BCUT2D eigenvalue weighted by Crippen LogP contribution is 2.25. The van der Waals surface area contributed by atoms with E-state index < -0.39 is 0 Å². The number of carbonyl (C=O) groups is 1. The van der Waals surface area contributed by atoms with Crippen LogP contribution in [0.2, 0.25) is 5.15 Å². The molecule has 1 aromatic heterocycles. The minimum atomic E-state index is -0.189. The molecule has 2 rings (SSSR count). The summed E-state index contributed by atoms with van der Waals surface area (Å²) in [6.07, 6.45) is 1.56. The van der Waals surface area contributed by atoms with Gasteiger partial charge in [0.05, 0.1) is 18.8 Å². The molecule has 1 N–H and O–H groups in total. The topological polar surface area (TPSA) is 51.2 Å². The van der Waals surface area contributed by atoms with Crippen molar-refractivity contribution in [2.45, 2.75) is 6.92 Å². The van der Waals surface area contributed by atoms with Crippen molar-refractivity contribution in [1.29, 1.82) is 0 Å². The molecule has 1 aliphatic rings. The smallest absolute Gasteiger partial charge is 0.254 e. The summed E-state index contributed by atoms with van der Waals surface area (Å²) in [5.41, 5.74) is 0.470. The lowest BCUT2D eigenvalue weighted by Gasteiger charge is -2.38. The average molecular weight is 241 g/mol. The van der Waals surface area contributed by atoms with Crippen LogP contribution in [0.4, 0.5) is 0 Å². The van der Waals surface area contributed by atoms with Gasteiger partial charge in [-0.05, 0) is 12.1 Å². The molecule has 2 heterocycles. The molecule has 1 aromatic rings. The molecular weight excluding hydrogens is 228 g/mol. The summed E-state index contributed by atoms with van der Waals surface area (Å²) in [6.45, 7) is 4.04. The molecular formula is C11H13ClN2O2. The van der Waals surface area contributed by atoms with Crippen molar-refractivity contribution in [3.05, 3.63) is 29.0 Å². The van der Waals surface area contributed by atoms with Gasteiger partial charge in [-0.25, -0.2) is 4.98 Å². The van der Waals surface area contributed by atoms with Crippen molar-refractivity contribution >= 4 is 17.5 Å². The first-order chi connectivity index (χ1) is 7.61. The lowest BCUT2D eigenvalue weighted by molar-refractivity contribution is -0.0978. The molecule has 1 saturated heterocycles. The minimum Gasteiger partial charge on any atom is -0.380 e. The third kappa shape index (κ3) is 2.33. The van der Waals surface area contributed by atoms with Gasteiger partial charge in [-0.2, -0.15) is 0 Å². The fourth-order valence-corrected chi connectivity index (χ4v) is 1.70. The first-order valence-corrected chi connectivity index (χ1v) is 5.45. The summed E-state index contributed by atoms with van der Waals surface area (Å²) in [6, 6.07) is 3.35. The van der Waals surface area contributed by atoms with Crippen molar-refractivity contribution in [3.8, 4) is 0 Å².